The van der Waals surface area contributed by atoms with E-state index < -0.39 is 30.1 Å². The van der Waals surface area contributed by atoms with Crippen LogP contribution in [0.1, 0.15) is 37.7 Å². The average molecular weight is 508 g/mol. The molecule has 0 radical (unpaired) electrons. The van der Waals surface area contributed by atoms with Gasteiger partial charge in [-0.25, -0.2) is 9.07 Å². The molecule has 4 aromatic rings. The van der Waals surface area contributed by atoms with E-state index in [2.05, 4.69) is 10.4 Å². The Morgan fingerprint density at radius 3 is 2.63 bits per heavy atom. The molecule has 1 amide bonds. The molecule has 184 valence electrons. The van der Waals surface area contributed by atoms with Gasteiger partial charge in [0.05, 0.1) is 46.1 Å². The van der Waals surface area contributed by atoms with Crippen LogP contribution in [0.15, 0.2) is 42.5 Å². The summed E-state index contributed by atoms with van der Waals surface area (Å²) in [6, 6.07) is 9.28. The van der Waals surface area contributed by atoms with Gasteiger partial charge in [-0.1, -0.05) is 18.2 Å². The van der Waals surface area contributed by atoms with Gasteiger partial charge in [-0.2, -0.15) is 18.3 Å². The number of fused-ring (bicyclic) bond motifs is 1. The van der Waals surface area contributed by atoms with Crippen LogP contribution in [0, 0.1) is 12.7 Å². The molecule has 0 aliphatic carbocycles. The number of rotatable bonds is 7. The number of aryl methyl sites for hydroxylation is 1. The van der Waals surface area contributed by atoms with Crippen molar-refractivity contribution in [2.75, 3.05) is 13.2 Å². The van der Waals surface area contributed by atoms with Crippen LogP contribution in [-0.4, -0.2) is 39.1 Å². The van der Waals surface area contributed by atoms with Crippen LogP contribution in [0.5, 0.6) is 0 Å². The van der Waals surface area contributed by atoms with Gasteiger partial charge in [0.15, 0.2) is 0 Å². The molecule has 0 saturated heterocycles. The third-order valence-electron chi connectivity index (χ3n) is 5.45. The van der Waals surface area contributed by atoms with Gasteiger partial charge in [-0.05, 0) is 36.8 Å². The number of halogens is 4. The molecule has 0 unspecified atom stereocenters. The largest absolute Gasteiger partial charge is 0.416 e. The van der Waals surface area contributed by atoms with Crippen LogP contribution >= 0.6 is 11.3 Å². The fourth-order valence-corrected chi connectivity index (χ4v) is 5.12. The highest BCUT2D eigenvalue weighted by Crippen LogP contribution is 2.36. The summed E-state index contributed by atoms with van der Waals surface area (Å²) in [6.45, 7) is 0.844. The quantitative estimate of drug-likeness (QED) is 0.325. The first-order chi connectivity index (χ1) is 16.6. The maximum Gasteiger partial charge on any atom is 0.416 e. The Hall–Kier alpha value is -3.28. The Bertz CT molecular complexity index is 1390. The van der Waals surface area contributed by atoms with Gasteiger partial charge in [0.1, 0.15) is 5.82 Å². The molecule has 2 aromatic carbocycles. The van der Waals surface area contributed by atoms with Gasteiger partial charge in [0.25, 0.3) is 5.91 Å². The predicted octanol–water partition coefficient (Wildman–Crippen LogP) is 4.36. The van der Waals surface area contributed by atoms with Crippen molar-refractivity contribution >= 4 is 27.3 Å². The highest BCUT2D eigenvalue weighted by atomic mass is 32.1. The monoisotopic (exact) mass is 507 g/mol. The van der Waals surface area contributed by atoms with Crippen LogP contribution in [0.2, 0.25) is 0 Å². The number of nitrogens with one attached hydrogen (secondary N) is 1. The first-order valence-corrected chi connectivity index (χ1v) is 11.4. The molecule has 11 heteroatoms. The molecule has 0 atom stereocenters. The minimum absolute atomic E-state index is 0.0267. The number of alkyl halides is 3. The van der Waals surface area contributed by atoms with Crippen molar-refractivity contribution in [2.24, 2.45) is 0 Å². The Labute approximate surface area is 201 Å². The third kappa shape index (κ3) is 4.93. The number of aromatic nitrogens is 2. The molecule has 0 aliphatic heterocycles. The molecule has 2 aromatic heterocycles. The maximum absolute atomic E-state index is 14.7. The highest BCUT2D eigenvalue weighted by Gasteiger charge is 2.30. The molecule has 0 aliphatic rings. The van der Waals surface area contributed by atoms with E-state index in [0.717, 1.165) is 12.1 Å². The molecule has 0 fully saturated rings. The average Bonchev–Trinajstić information content (AvgIpc) is 3.38. The van der Waals surface area contributed by atoms with Crippen molar-refractivity contribution in [1.82, 2.24) is 15.1 Å². The van der Waals surface area contributed by atoms with E-state index in [9.17, 15) is 27.5 Å². The first-order valence-electron chi connectivity index (χ1n) is 10.6. The van der Waals surface area contributed by atoms with Crippen LogP contribution in [0.25, 0.3) is 15.8 Å². The standard InChI is InChI=1S/C24H21F4N3O3S/c1-13-21(23(34)29-7-8-32)20(12-33)31(30-13)19-6-5-18(25)17-11-16(35-22(17)19)10-14-3-2-4-15(9-14)24(26,27)28/h2-6,9,11,32-33H,7-8,10,12H2,1H3,(H,29,34). The fourth-order valence-electron chi connectivity index (χ4n) is 3.91. The topological polar surface area (TPSA) is 87.4 Å². The zero-order valence-electron chi connectivity index (χ0n) is 18.5. The van der Waals surface area contributed by atoms with Crippen LogP contribution in [0.3, 0.4) is 0 Å². The normalized spacial score (nSPS) is 11.9. The van der Waals surface area contributed by atoms with Gasteiger partial charge in [0, 0.05) is 23.2 Å². The molecular formula is C24H21F4N3O3S. The molecular weight excluding hydrogens is 486 g/mol. The van der Waals surface area contributed by atoms with E-state index in [1.54, 1.807) is 19.1 Å². The number of carbonyl (C=O) groups excluding carboxylic acids is 1. The van der Waals surface area contributed by atoms with Crippen molar-refractivity contribution in [2.45, 2.75) is 26.1 Å². The number of amides is 1. The number of hydrogen-bond donors (Lipinski definition) is 3. The van der Waals surface area contributed by atoms with Crippen molar-refractivity contribution in [3.8, 4) is 5.69 Å². The van der Waals surface area contributed by atoms with Gasteiger partial charge >= 0.3 is 6.18 Å². The van der Waals surface area contributed by atoms with Gasteiger partial charge < -0.3 is 15.5 Å². The third-order valence-corrected chi connectivity index (χ3v) is 6.61. The Morgan fingerprint density at radius 1 is 1.17 bits per heavy atom. The summed E-state index contributed by atoms with van der Waals surface area (Å²) in [5.74, 6) is -1.02. The Morgan fingerprint density at radius 2 is 1.94 bits per heavy atom. The number of aliphatic hydroxyl groups excluding tert-OH is 2. The summed E-state index contributed by atoms with van der Waals surface area (Å²) in [7, 11) is 0. The Balaban J connectivity index is 1.78. The molecule has 2 heterocycles. The van der Waals surface area contributed by atoms with Gasteiger partial charge in [-0.3, -0.25) is 4.79 Å². The molecule has 35 heavy (non-hydrogen) atoms. The lowest BCUT2D eigenvalue weighted by Crippen LogP contribution is -2.27. The lowest BCUT2D eigenvalue weighted by Gasteiger charge is -2.09. The minimum atomic E-state index is -4.46. The summed E-state index contributed by atoms with van der Waals surface area (Å²) >= 11 is 1.20. The van der Waals surface area contributed by atoms with Crippen LogP contribution in [-0.2, 0) is 19.2 Å². The summed E-state index contributed by atoms with van der Waals surface area (Å²) in [5, 5.41) is 26.2. The van der Waals surface area contributed by atoms with Crippen molar-refractivity contribution in [3.63, 3.8) is 0 Å². The number of benzene rings is 2. The number of hydrogen-bond acceptors (Lipinski definition) is 5. The van der Waals surface area contributed by atoms with Gasteiger partial charge in [-0.15, -0.1) is 11.3 Å². The molecule has 6 nitrogen and oxygen atoms in total. The van der Waals surface area contributed by atoms with E-state index in [-0.39, 0.29) is 36.2 Å². The van der Waals surface area contributed by atoms with Crippen LogP contribution < -0.4 is 5.32 Å². The van der Waals surface area contributed by atoms with E-state index in [4.69, 9.17) is 5.11 Å². The number of thiophene rings is 1. The van der Waals surface area contributed by atoms with Crippen molar-refractivity contribution < 1.29 is 32.6 Å². The molecule has 0 bridgehead atoms. The van der Waals surface area contributed by atoms with Crippen molar-refractivity contribution in [3.05, 3.63) is 81.2 Å². The number of carbonyl (C=O) groups is 1. The lowest BCUT2D eigenvalue weighted by atomic mass is 10.1. The fraction of sp³-hybridized carbons (Fsp3) is 0.250. The summed E-state index contributed by atoms with van der Waals surface area (Å²) < 4.78 is 55.8. The van der Waals surface area contributed by atoms with E-state index >= 15 is 0 Å². The van der Waals surface area contributed by atoms with Crippen molar-refractivity contribution in [1.29, 1.82) is 0 Å². The molecule has 0 saturated carbocycles. The summed E-state index contributed by atoms with van der Waals surface area (Å²) in [5.41, 5.74) is 0.785. The maximum atomic E-state index is 14.7. The second kappa shape index (κ2) is 9.76. The number of aliphatic hydroxyl groups is 2. The second-order valence-corrected chi connectivity index (χ2v) is 8.99. The smallest absolute Gasteiger partial charge is 0.395 e. The summed E-state index contributed by atoms with van der Waals surface area (Å²) in [4.78, 5) is 13.2. The molecule has 3 N–H and O–H groups in total. The van der Waals surface area contributed by atoms with Gasteiger partial charge in [0.2, 0.25) is 0 Å². The minimum Gasteiger partial charge on any atom is -0.395 e. The van der Waals surface area contributed by atoms with E-state index in [0.29, 0.717) is 26.5 Å². The second-order valence-electron chi connectivity index (χ2n) is 7.85. The zero-order valence-corrected chi connectivity index (χ0v) is 19.3. The Kier molecular flexibility index (Phi) is 6.93. The SMILES string of the molecule is Cc1nn(-c2ccc(F)c3cc(Cc4cccc(C(F)(F)F)c4)sc23)c(CO)c1C(=O)NCCO. The summed E-state index contributed by atoms with van der Waals surface area (Å²) in [6.07, 6.45) is -4.29. The van der Waals surface area contributed by atoms with E-state index in [1.165, 1.54) is 34.2 Å². The molecule has 4 rings (SSSR count). The zero-order chi connectivity index (χ0) is 25.3. The lowest BCUT2D eigenvalue weighted by molar-refractivity contribution is -0.137. The number of nitrogens with zero attached hydrogens (tertiary/aromatic N) is 2. The predicted molar refractivity (Wildman–Crippen MR) is 123 cm³/mol. The van der Waals surface area contributed by atoms with E-state index in [1.807, 2.05) is 0 Å². The first kappa shape index (κ1) is 24.8. The van der Waals surface area contributed by atoms with Crippen LogP contribution in [0.4, 0.5) is 17.6 Å². The molecule has 0 spiro atoms. The highest BCUT2D eigenvalue weighted by molar-refractivity contribution is 7.19.